The first kappa shape index (κ1) is 15.1. The summed E-state index contributed by atoms with van der Waals surface area (Å²) in [5, 5.41) is 0. The summed E-state index contributed by atoms with van der Waals surface area (Å²) in [5.74, 6) is 0.797. The van der Waals surface area contributed by atoms with Gasteiger partial charge in [-0.25, -0.2) is 0 Å². The number of hydrogen-bond donors (Lipinski definition) is 0. The van der Waals surface area contributed by atoms with E-state index in [1.165, 1.54) is 0 Å². The van der Waals surface area contributed by atoms with Crippen LogP contribution in [0.25, 0.3) is 0 Å². The number of carbonyl (C=O) groups excluding carboxylic acids is 1. The lowest BCUT2D eigenvalue weighted by Crippen LogP contribution is -2.13. The number of benzene rings is 1. The first-order valence-electron chi connectivity index (χ1n) is 5.58. The molecule has 0 amide bonds. The van der Waals surface area contributed by atoms with Crippen molar-refractivity contribution in [1.82, 2.24) is 0 Å². The second-order valence-electron chi connectivity index (χ2n) is 3.73. The van der Waals surface area contributed by atoms with Gasteiger partial charge in [0, 0.05) is 13.5 Å². The maximum atomic E-state index is 11.6. The molecule has 100 valence electrons. The van der Waals surface area contributed by atoms with E-state index in [0.29, 0.717) is 19.6 Å². The van der Waals surface area contributed by atoms with Crippen molar-refractivity contribution in [3.8, 4) is 5.75 Å². The van der Waals surface area contributed by atoms with Crippen molar-refractivity contribution in [1.29, 1.82) is 0 Å². The van der Waals surface area contributed by atoms with Crippen molar-refractivity contribution in [3.63, 3.8) is 0 Å². The Morgan fingerprint density at radius 3 is 2.67 bits per heavy atom. The first-order valence-corrected chi connectivity index (χ1v) is 6.37. The van der Waals surface area contributed by atoms with E-state index in [4.69, 9.17) is 14.2 Å². The normalized spacial score (nSPS) is 10.4. The van der Waals surface area contributed by atoms with Gasteiger partial charge in [-0.05, 0) is 33.6 Å². The van der Waals surface area contributed by atoms with Crippen molar-refractivity contribution in [2.45, 2.75) is 6.42 Å². The Balaban J connectivity index is 2.42. The molecule has 0 aliphatic carbocycles. The molecule has 18 heavy (non-hydrogen) atoms. The number of hydrogen-bond acceptors (Lipinski definition) is 4. The van der Waals surface area contributed by atoms with E-state index in [1.807, 2.05) is 18.2 Å². The van der Waals surface area contributed by atoms with Gasteiger partial charge >= 0.3 is 0 Å². The van der Waals surface area contributed by atoms with E-state index in [2.05, 4.69) is 15.9 Å². The SMILES string of the molecule is COCCOCC(=O)Cc1ccc(OC)c(Br)c1. The van der Waals surface area contributed by atoms with Crippen LogP contribution in [0.1, 0.15) is 5.56 Å². The Labute approximate surface area is 115 Å². The second kappa shape index (κ2) is 8.24. The molecule has 0 aliphatic heterocycles. The molecule has 0 radical (unpaired) electrons. The molecule has 0 saturated heterocycles. The molecule has 0 fully saturated rings. The first-order chi connectivity index (χ1) is 8.67. The average Bonchev–Trinajstić information content (AvgIpc) is 2.35. The van der Waals surface area contributed by atoms with Crippen LogP contribution in [0.5, 0.6) is 5.75 Å². The highest BCUT2D eigenvalue weighted by atomic mass is 79.9. The third-order valence-electron chi connectivity index (χ3n) is 2.31. The summed E-state index contributed by atoms with van der Waals surface area (Å²) in [6.07, 6.45) is 0.357. The number of carbonyl (C=O) groups is 1. The topological polar surface area (TPSA) is 44.8 Å². The Morgan fingerprint density at radius 1 is 1.28 bits per heavy atom. The maximum absolute atomic E-state index is 11.6. The van der Waals surface area contributed by atoms with Gasteiger partial charge in [-0.1, -0.05) is 6.07 Å². The zero-order valence-corrected chi connectivity index (χ0v) is 12.2. The Kier molecular flexibility index (Phi) is 6.93. The summed E-state index contributed by atoms with van der Waals surface area (Å²) in [5.41, 5.74) is 0.933. The monoisotopic (exact) mass is 316 g/mol. The van der Waals surface area contributed by atoms with E-state index in [9.17, 15) is 4.79 Å². The molecule has 0 heterocycles. The smallest absolute Gasteiger partial charge is 0.162 e. The molecule has 0 spiro atoms. The van der Waals surface area contributed by atoms with Crippen LogP contribution in [0.2, 0.25) is 0 Å². The summed E-state index contributed by atoms with van der Waals surface area (Å²) in [6, 6.07) is 5.58. The van der Waals surface area contributed by atoms with E-state index in [0.717, 1.165) is 15.8 Å². The molecule has 5 heteroatoms. The van der Waals surface area contributed by atoms with Crippen molar-refractivity contribution in [3.05, 3.63) is 28.2 Å². The molecule has 0 atom stereocenters. The summed E-state index contributed by atoms with van der Waals surface area (Å²) >= 11 is 3.39. The molecule has 0 saturated carbocycles. The Bertz CT molecular complexity index is 393. The van der Waals surface area contributed by atoms with E-state index < -0.39 is 0 Å². The van der Waals surface area contributed by atoms with Crippen LogP contribution in [0.4, 0.5) is 0 Å². The van der Waals surface area contributed by atoms with Gasteiger partial charge in [0.2, 0.25) is 0 Å². The van der Waals surface area contributed by atoms with Gasteiger partial charge in [0.1, 0.15) is 12.4 Å². The van der Waals surface area contributed by atoms with Crippen LogP contribution >= 0.6 is 15.9 Å². The molecule has 0 N–H and O–H groups in total. The number of ketones is 1. The molecule has 1 aromatic carbocycles. The number of Topliss-reactive ketones (excluding diaryl/α,β-unsaturated/α-hetero) is 1. The Hall–Kier alpha value is -0.910. The number of rotatable bonds is 8. The van der Waals surface area contributed by atoms with Crippen LogP contribution in [0.15, 0.2) is 22.7 Å². The minimum Gasteiger partial charge on any atom is -0.496 e. The Morgan fingerprint density at radius 2 is 2.06 bits per heavy atom. The van der Waals surface area contributed by atoms with Crippen molar-refractivity contribution in [2.75, 3.05) is 34.0 Å². The van der Waals surface area contributed by atoms with Crippen LogP contribution in [-0.2, 0) is 20.7 Å². The van der Waals surface area contributed by atoms with Gasteiger partial charge in [-0.3, -0.25) is 4.79 Å². The molecule has 1 aromatic rings. The zero-order valence-electron chi connectivity index (χ0n) is 10.6. The summed E-state index contributed by atoms with van der Waals surface area (Å²) < 4.78 is 16.0. The molecule has 1 rings (SSSR count). The summed E-state index contributed by atoms with van der Waals surface area (Å²) in [7, 11) is 3.20. The molecule has 4 nitrogen and oxygen atoms in total. The highest BCUT2D eigenvalue weighted by Crippen LogP contribution is 2.25. The molecular weight excluding hydrogens is 300 g/mol. The van der Waals surface area contributed by atoms with Crippen LogP contribution < -0.4 is 4.74 Å². The third kappa shape index (κ3) is 5.16. The van der Waals surface area contributed by atoms with Gasteiger partial charge < -0.3 is 14.2 Å². The lowest BCUT2D eigenvalue weighted by molar-refractivity contribution is -0.123. The molecule has 0 bridgehead atoms. The van der Waals surface area contributed by atoms with Crippen molar-refractivity contribution in [2.24, 2.45) is 0 Å². The third-order valence-corrected chi connectivity index (χ3v) is 2.93. The molecule has 0 unspecified atom stereocenters. The molecular formula is C13H17BrO4. The highest BCUT2D eigenvalue weighted by Gasteiger charge is 2.06. The minimum absolute atomic E-state index is 0.0446. The van der Waals surface area contributed by atoms with Crippen LogP contribution in [0.3, 0.4) is 0 Å². The number of ether oxygens (including phenoxy) is 3. The fourth-order valence-electron chi connectivity index (χ4n) is 1.43. The quantitative estimate of drug-likeness (QED) is 0.690. The maximum Gasteiger partial charge on any atom is 0.162 e. The summed E-state index contributed by atoms with van der Waals surface area (Å²) in [4.78, 5) is 11.6. The molecule has 0 aliphatic rings. The van der Waals surface area contributed by atoms with Gasteiger partial charge in [0.15, 0.2) is 5.78 Å². The average molecular weight is 317 g/mol. The number of halogens is 1. The van der Waals surface area contributed by atoms with E-state index >= 15 is 0 Å². The fourth-order valence-corrected chi connectivity index (χ4v) is 2.01. The second-order valence-corrected chi connectivity index (χ2v) is 4.58. The largest absolute Gasteiger partial charge is 0.496 e. The van der Waals surface area contributed by atoms with Crippen molar-refractivity contribution < 1.29 is 19.0 Å². The van der Waals surface area contributed by atoms with Gasteiger partial charge in [0.05, 0.1) is 24.8 Å². The van der Waals surface area contributed by atoms with Gasteiger partial charge in [-0.15, -0.1) is 0 Å². The van der Waals surface area contributed by atoms with E-state index in [1.54, 1.807) is 14.2 Å². The van der Waals surface area contributed by atoms with Crippen molar-refractivity contribution >= 4 is 21.7 Å². The standard InChI is InChI=1S/C13H17BrO4/c1-16-5-6-18-9-11(15)7-10-3-4-13(17-2)12(14)8-10/h3-4,8H,5-7,9H2,1-2H3. The van der Waals surface area contributed by atoms with Gasteiger partial charge in [-0.2, -0.15) is 0 Å². The summed E-state index contributed by atoms with van der Waals surface area (Å²) in [6.45, 7) is 1.06. The lowest BCUT2D eigenvalue weighted by Gasteiger charge is -2.06. The lowest BCUT2D eigenvalue weighted by atomic mass is 10.1. The molecule has 0 aromatic heterocycles. The number of methoxy groups -OCH3 is 2. The predicted molar refractivity (Wildman–Crippen MR) is 72.1 cm³/mol. The van der Waals surface area contributed by atoms with E-state index in [-0.39, 0.29) is 12.4 Å². The van der Waals surface area contributed by atoms with Crippen LogP contribution in [-0.4, -0.2) is 39.8 Å². The predicted octanol–water partition coefficient (Wildman–Crippen LogP) is 2.23. The highest BCUT2D eigenvalue weighted by molar-refractivity contribution is 9.10. The zero-order chi connectivity index (χ0) is 13.4. The minimum atomic E-state index is 0.0446. The van der Waals surface area contributed by atoms with Gasteiger partial charge in [0.25, 0.3) is 0 Å². The van der Waals surface area contributed by atoms with Crippen LogP contribution in [0, 0.1) is 0 Å². The fraction of sp³-hybridized carbons (Fsp3) is 0.462.